The minimum absolute atomic E-state index is 0.797. The molecule has 0 radical (unpaired) electrons. The van der Waals surface area contributed by atoms with Crippen molar-refractivity contribution < 1.29 is 9.47 Å². The Kier molecular flexibility index (Phi) is 10.9. The topological polar surface area (TPSA) is 21.7 Å². The fourth-order valence-corrected chi connectivity index (χ4v) is 1.17. The van der Waals surface area contributed by atoms with Crippen LogP contribution in [0.3, 0.4) is 0 Å². The number of hydrogen-bond acceptors (Lipinski definition) is 3. The molecule has 14 heavy (non-hydrogen) atoms. The molecule has 0 aromatic rings. The van der Waals surface area contributed by atoms with Gasteiger partial charge in [-0.1, -0.05) is 13.3 Å². The van der Waals surface area contributed by atoms with Gasteiger partial charge in [-0.15, -0.1) is 0 Å². The molecule has 0 heterocycles. The van der Waals surface area contributed by atoms with E-state index in [4.69, 9.17) is 9.47 Å². The van der Waals surface area contributed by atoms with Gasteiger partial charge >= 0.3 is 0 Å². The summed E-state index contributed by atoms with van der Waals surface area (Å²) in [6.45, 7) is 6.88. The maximum atomic E-state index is 5.46. The van der Waals surface area contributed by atoms with E-state index in [-0.39, 0.29) is 0 Å². The summed E-state index contributed by atoms with van der Waals surface area (Å²) in [6.07, 6.45) is 3.54. The van der Waals surface area contributed by atoms with Gasteiger partial charge in [0.15, 0.2) is 0 Å². The zero-order chi connectivity index (χ0) is 10.6. The van der Waals surface area contributed by atoms with Crippen LogP contribution in [0.25, 0.3) is 0 Å². The Bertz CT molecular complexity index is 109. The molecular formula is C11H25NO2. The molecule has 3 nitrogen and oxygen atoms in total. The fourth-order valence-electron chi connectivity index (χ4n) is 1.17. The lowest BCUT2D eigenvalue weighted by atomic mass is 10.3. The summed E-state index contributed by atoms with van der Waals surface area (Å²) in [6, 6.07) is 0. The molecular weight excluding hydrogens is 178 g/mol. The van der Waals surface area contributed by atoms with Crippen molar-refractivity contribution in [2.75, 3.05) is 47.1 Å². The summed E-state index contributed by atoms with van der Waals surface area (Å²) in [7, 11) is 3.87. The lowest BCUT2D eigenvalue weighted by Gasteiger charge is -2.15. The zero-order valence-corrected chi connectivity index (χ0v) is 9.92. The molecule has 0 spiro atoms. The first-order valence-electron chi connectivity index (χ1n) is 5.56. The van der Waals surface area contributed by atoms with Gasteiger partial charge in [-0.2, -0.15) is 0 Å². The molecule has 0 saturated carbocycles. The lowest BCUT2D eigenvalue weighted by Crippen LogP contribution is -2.24. The Morgan fingerprint density at radius 3 is 2.43 bits per heavy atom. The van der Waals surface area contributed by atoms with Gasteiger partial charge in [-0.25, -0.2) is 0 Å². The van der Waals surface area contributed by atoms with Gasteiger partial charge in [0.2, 0.25) is 0 Å². The maximum Gasteiger partial charge on any atom is 0.0593 e. The van der Waals surface area contributed by atoms with Crippen molar-refractivity contribution in [3.05, 3.63) is 0 Å². The molecule has 0 atom stereocenters. The second-order valence-corrected chi connectivity index (χ2v) is 3.62. The van der Waals surface area contributed by atoms with E-state index >= 15 is 0 Å². The first-order valence-corrected chi connectivity index (χ1v) is 5.56. The first-order chi connectivity index (χ1) is 6.81. The molecule has 3 heteroatoms. The minimum Gasteiger partial charge on any atom is -0.385 e. The standard InChI is InChI=1S/C11H25NO2/c1-4-5-7-12(2)8-11-14-10-6-9-13-3/h4-11H2,1-3H3. The molecule has 0 aliphatic heterocycles. The highest BCUT2D eigenvalue weighted by Crippen LogP contribution is 1.91. The third-order valence-electron chi connectivity index (χ3n) is 2.15. The van der Waals surface area contributed by atoms with E-state index in [1.165, 1.54) is 19.4 Å². The van der Waals surface area contributed by atoms with E-state index in [2.05, 4.69) is 18.9 Å². The smallest absolute Gasteiger partial charge is 0.0593 e. The van der Waals surface area contributed by atoms with Gasteiger partial charge in [-0.3, -0.25) is 0 Å². The highest BCUT2D eigenvalue weighted by atomic mass is 16.5. The predicted molar refractivity (Wildman–Crippen MR) is 59.7 cm³/mol. The first kappa shape index (κ1) is 13.9. The molecule has 0 bridgehead atoms. The lowest BCUT2D eigenvalue weighted by molar-refractivity contribution is 0.0886. The van der Waals surface area contributed by atoms with Gasteiger partial charge in [0.1, 0.15) is 0 Å². The minimum atomic E-state index is 0.797. The number of likely N-dealkylation sites (N-methyl/N-ethyl adjacent to an activating group) is 1. The summed E-state index contributed by atoms with van der Waals surface area (Å²) < 4.78 is 10.4. The van der Waals surface area contributed by atoms with Crippen molar-refractivity contribution in [1.29, 1.82) is 0 Å². The van der Waals surface area contributed by atoms with Crippen LogP contribution in [0.5, 0.6) is 0 Å². The average Bonchev–Trinajstić information content (AvgIpc) is 2.20. The quantitative estimate of drug-likeness (QED) is 0.505. The van der Waals surface area contributed by atoms with Gasteiger partial charge in [-0.05, 0) is 26.4 Å². The molecule has 0 amide bonds. The second kappa shape index (κ2) is 11.0. The van der Waals surface area contributed by atoms with Gasteiger partial charge < -0.3 is 14.4 Å². The summed E-state index contributed by atoms with van der Waals surface area (Å²) in [4.78, 5) is 2.32. The molecule has 0 saturated heterocycles. The molecule has 86 valence electrons. The fraction of sp³-hybridized carbons (Fsp3) is 1.00. The number of nitrogens with zero attached hydrogens (tertiary/aromatic N) is 1. The Morgan fingerprint density at radius 1 is 1.00 bits per heavy atom. The Balaban J connectivity index is 3.02. The highest BCUT2D eigenvalue weighted by molar-refractivity contribution is 4.49. The Labute approximate surface area is 88.4 Å². The van der Waals surface area contributed by atoms with E-state index < -0.39 is 0 Å². The van der Waals surface area contributed by atoms with Crippen LogP contribution >= 0.6 is 0 Å². The van der Waals surface area contributed by atoms with Crippen LogP contribution in [0.1, 0.15) is 26.2 Å². The normalized spacial score (nSPS) is 11.1. The highest BCUT2D eigenvalue weighted by Gasteiger charge is 1.96. The van der Waals surface area contributed by atoms with Crippen LogP contribution in [0.15, 0.2) is 0 Å². The van der Waals surface area contributed by atoms with Crippen molar-refractivity contribution in [3.8, 4) is 0 Å². The molecule has 0 rings (SSSR count). The number of rotatable bonds is 10. The molecule has 0 aromatic carbocycles. The summed E-state index contributed by atoms with van der Waals surface area (Å²) in [5, 5.41) is 0. The Morgan fingerprint density at radius 2 is 1.79 bits per heavy atom. The van der Waals surface area contributed by atoms with Crippen molar-refractivity contribution >= 4 is 0 Å². The SMILES string of the molecule is CCCCN(C)CCOCCCOC. The summed E-state index contributed by atoms with van der Waals surface area (Å²) >= 11 is 0. The van der Waals surface area contributed by atoms with Gasteiger partial charge in [0, 0.05) is 26.9 Å². The number of unbranched alkanes of at least 4 members (excludes halogenated alkanes) is 1. The van der Waals surface area contributed by atoms with Crippen LogP contribution in [0, 0.1) is 0 Å². The molecule has 0 aliphatic rings. The van der Waals surface area contributed by atoms with Crippen LogP contribution in [-0.4, -0.2) is 52.0 Å². The third kappa shape index (κ3) is 9.96. The molecule has 0 fully saturated rings. The van der Waals surface area contributed by atoms with Crippen LogP contribution in [0.2, 0.25) is 0 Å². The second-order valence-electron chi connectivity index (χ2n) is 3.62. The van der Waals surface area contributed by atoms with E-state index in [9.17, 15) is 0 Å². The van der Waals surface area contributed by atoms with E-state index in [0.29, 0.717) is 0 Å². The molecule has 0 unspecified atom stereocenters. The van der Waals surface area contributed by atoms with Gasteiger partial charge in [0.05, 0.1) is 6.61 Å². The average molecular weight is 203 g/mol. The molecule has 0 N–H and O–H groups in total. The van der Waals surface area contributed by atoms with E-state index in [0.717, 1.165) is 32.8 Å². The number of methoxy groups -OCH3 is 1. The van der Waals surface area contributed by atoms with Crippen molar-refractivity contribution in [2.24, 2.45) is 0 Å². The van der Waals surface area contributed by atoms with Crippen molar-refractivity contribution in [2.45, 2.75) is 26.2 Å². The summed E-state index contributed by atoms with van der Waals surface area (Å²) in [5.74, 6) is 0. The van der Waals surface area contributed by atoms with Crippen LogP contribution < -0.4 is 0 Å². The van der Waals surface area contributed by atoms with Crippen LogP contribution in [0.4, 0.5) is 0 Å². The van der Waals surface area contributed by atoms with E-state index in [1.807, 2.05) is 0 Å². The van der Waals surface area contributed by atoms with Gasteiger partial charge in [0.25, 0.3) is 0 Å². The van der Waals surface area contributed by atoms with Crippen molar-refractivity contribution in [3.63, 3.8) is 0 Å². The predicted octanol–water partition coefficient (Wildman–Crippen LogP) is 1.77. The maximum absolute atomic E-state index is 5.46. The number of ether oxygens (including phenoxy) is 2. The Hall–Kier alpha value is -0.120. The van der Waals surface area contributed by atoms with Crippen LogP contribution in [-0.2, 0) is 9.47 Å². The molecule has 0 aromatic heterocycles. The third-order valence-corrected chi connectivity index (χ3v) is 2.15. The molecule has 0 aliphatic carbocycles. The monoisotopic (exact) mass is 203 g/mol. The largest absolute Gasteiger partial charge is 0.385 e. The summed E-state index contributed by atoms with van der Waals surface area (Å²) in [5.41, 5.74) is 0. The zero-order valence-electron chi connectivity index (χ0n) is 9.92. The van der Waals surface area contributed by atoms with E-state index in [1.54, 1.807) is 7.11 Å². The van der Waals surface area contributed by atoms with Crippen molar-refractivity contribution in [1.82, 2.24) is 4.90 Å². The number of hydrogen-bond donors (Lipinski definition) is 0.